The van der Waals surface area contributed by atoms with E-state index in [1.54, 1.807) is 16.8 Å². The first-order valence-corrected chi connectivity index (χ1v) is 8.25. The summed E-state index contributed by atoms with van der Waals surface area (Å²) in [6, 6.07) is 0.713. The van der Waals surface area contributed by atoms with E-state index in [1.165, 1.54) is 0 Å². The third-order valence-electron chi connectivity index (χ3n) is 4.17. The van der Waals surface area contributed by atoms with Crippen molar-refractivity contribution in [2.45, 2.75) is 37.8 Å². The third kappa shape index (κ3) is 2.75. The van der Waals surface area contributed by atoms with Gasteiger partial charge in [0.2, 0.25) is 11.8 Å². The topological polar surface area (TPSA) is 136 Å². The standard InChI is InChI=1S/C15H16N8O2/c24-12-10(19-15(25)21-12)5-7-6-16-23-11(7)20-13(17-8-1-2-8)22-14(23)18-9-3-4-9/h5-6,8-9,24H,1-4H2,(H,17,18,22)(H2,19,21,25)/b7-5+. The van der Waals surface area contributed by atoms with Gasteiger partial charge in [-0.1, -0.05) is 0 Å². The van der Waals surface area contributed by atoms with Crippen molar-refractivity contribution in [3.63, 3.8) is 0 Å². The molecule has 3 aromatic rings. The zero-order valence-corrected chi connectivity index (χ0v) is 13.2. The van der Waals surface area contributed by atoms with Crippen molar-refractivity contribution in [1.82, 2.24) is 29.5 Å². The Bertz CT molecular complexity index is 1130. The summed E-state index contributed by atoms with van der Waals surface area (Å²) in [4.78, 5) is 29.8. The van der Waals surface area contributed by atoms with Crippen LogP contribution in [0.15, 0.2) is 16.0 Å². The third-order valence-corrected chi connectivity index (χ3v) is 4.17. The molecule has 0 atom stereocenters. The van der Waals surface area contributed by atoms with E-state index in [9.17, 15) is 9.90 Å². The van der Waals surface area contributed by atoms with Gasteiger partial charge >= 0.3 is 5.69 Å². The molecule has 3 heterocycles. The summed E-state index contributed by atoms with van der Waals surface area (Å²) in [5, 5.41) is 18.0. The van der Waals surface area contributed by atoms with Gasteiger partial charge in [0.1, 0.15) is 5.69 Å². The van der Waals surface area contributed by atoms with Crippen molar-refractivity contribution < 1.29 is 5.11 Å². The predicted octanol–water partition coefficient (Wildman–Crippen LogP) is -0.969. The molecule has 0 aliphatic heterocycles. The number of aromatic hydroxyl groups is 1. The average molecular weight is 340 g/mol. The van der Waals surface area contributed by atoms with Gasteiger partial charge in [0.15, 0.2) is 5.65 Å². The van der Waals surface area contributed by atoms with Crippen molar-refractivity contribution in [2.24, 2.45) is 4.99 Å². The second-order valence-electron chi connectivity index (χ2n) is 6.45. The first kappa shape index (κ1) is 14.2. The lowest BCUT2D eigenvalue weighted by Crippen LogP contribution is -2.25. The molecule has 5 rings (SSSR count). The van der Waals surface area contributed by atoms with Crippen LogP contribution in [0.5, 0.6) is 5.88 Å². The Morgan fingerprint density at radius 2 is 2.12 bits per heavy atom. The van der Waals surface area contributed by atoms with Crippen molar-refractivity contribution in [1.29, 1.82) is 0 Å². The number of fused-ring (bicyclic) bond motifs is 1. The maximum atomic E-state index is 11.3. The zero-order chi connectivity index (χ0) is 17.0. The van der Waals surface area contributed by atoms with Crippen LogP contribution in [-0.4, -0.2) is 46.7 Å². The number of imidazole rings is 1. The molecular weight excluding hydrogens is 324 g/mol. The molecule has 0 saturated heterocycles. The van der Waals surface area contributed by atoms with E-state index in [0.29, 0.717) is 34.5 Å². The molecule has 0 amide bonds. The summed E-state index contributed by atoms with van der Waals surface area (Å²) in [6.45, 7) is 0. The van der Waals surface area contributed by atoms with Gasteiger partial charge in [0, 0.05) is 11.3 Å². The van der Waals surface area contributed by atoms with Crippen LogP contribution in [0.1, 0.15) is 31.4 Å². The molecule has 3 aromatic heterocycles. The number of anilines is 1. The van der Waals surface area contributed by atoms with Gasteiger partial charge in [-0.2, -0.15) is 19.6 Å². The Morgan fingerprint density at radius 1 is 1.28 bits per heavy atom. The van der Waals surface area contributed by atoms with Gasteiger partial charge in [-0.05, 0) is 31.8 Å². The van der Waals surface area contributed by atoms with Crippen LogP contribution in [0.3, 0.4) is 0 Å². The molecule has 2 fully saturated rings. The molecule has 2 aliphatic rings. The van der Waals surface area contributed by atoms with Crippen LogP contribution in [0, 0.1) is 0 Å². The lowest BCUT2D eigenvalue weighted by Gasteiger charge is -2.03. The molecule has 2 saturated carbocycles. The summed E-state index contributed by atoms with van der Waals surface area (Å²) < 4.78 is 1.59. The second kappa shape index (κ2) is 5.16. The highest BCUT2D eigenvalue weighted by atomic mass is 16.3. The highest BCUT2D eigenvalue weighted by molar-refractivity contribution is 5.57. The van der Waals surface area contributed by atoms with Crippen LogP contribution in [0.2, 0.25) is 0 Å². The Hall–Kier alpha value is -3.17. The minimum absolute atomic E-state index is 0.224. The van der Waals surface area contributed by atoms with Crippen LogP contribution >= 0.6 is 0 Å². The number of aromatic amines is 2. The molecule has 0 spiro atoms. The maximum absolute atomic E-state index is 11.3. The number of hydrogen-bond acceptors (Lipinski definition) is 7. The molecule has 10 nitrogen and oxygen atoms in total. The van der Waals surface area contributed by atoms with Crippen molar-refractivity contribution in [3.8, 4) is 5.88 Å². The number of rotatable bonds is 4. The van der Waals surface area contributed by atoms with E-state index in [2.05, 4.69) is 35.3 Å². The second-order valence-corrected chi connectivity index (χ2v) is 6.45. The summed E-state index contributed by atoms with van der Waals surface area (Å²) in [5.41, 5.74) is 0.882. The van der Waals surface area contributed by atoms with Crippen LogP contribution in [0.4, 0.5) is 5.95 Å². The smallest absolute Gasteiger partial charge is 0.326 e. The summed E-state index contributed by atoms with van der Waals surface area (Å²) in [7, 11) is 0. The molecule has 128 valence electrons. The number of hydrogen-bond donors (Lipinski definition) is 4. The SMILES string of the molecule is O=c1[nH]c(O)c(/C=c2\cnn3c(=NC4CC4)nc(NC4CC4)nc23)[nH]1. The molecule has 0 aromatic carbocycles. The van der Waals surface area contributed by atoms with Crippen LogP contribution in [0.25, 0.3) is 11.7 Å². The van der Waals surface area contributed by atoms with Gasteiger partial charge in [-0.3, -0.25) is 4.98 Å². The van der Waals surface area contributed by atoms with Crippen molar-refractivity contribution in [2.75, 3.05) is 5.32 Å². The number of aromatic nitrogens is 6. The van der Waals surface area contributed by atoms with Gasteiger partial charge in [-0.25, -0.2) is 9.79 Å². The van der Waals surface area contributed by atoms with E-state index in [-0.39, 0.29) is 11.6 Å². The number of nitrogens with one attached hydrogen (secondary N) is 3. The first-order chi connectivity index (χ1) is 12.2. The van der Waals surface area contributed by atoms with Crippen LogP contribution in [-0.2, 0) is 0 Å². The minimum Gasteiger partial charge on any atom is -0.493 e. The fourth-order valence-corrected chi connectivity index (χ4v) is 2.55. The molecule has 25 heavy (non-hydrogen) atoms. The molecule has 0 unspecified atom stereocenters. The Balaban J connectivity index is 1.71. The summed E-state index contributed by atoms with van der Waals surface area (Å²) >= 11 is 0. The average Bonchev–Trinajstić information content (AvgIpc) is 3.48. The number of H-pyrrole nitrogens is 2. The lowest BCUT2D eigenvalue weighted by molar-refractivity contribution is 0.454. The quantitative estimate of drug-likeness (QED) is 0.482. The van der Waals surface area contributed by atoms with Crippen molar-refractivity contribution in [3.05, 3.63) is 33.2 Å². The van der Waals surface area contributed by atoms with E-state index < -0.39 is 5.69 Å². The molecule has 10 heteroatoms. The summed E-state index contributed by atoms with van der Waals surface area (Å²) in [5.74, 6) is 0.300. The van der Waals surface area contributed by atoms with E-state index in [4.69, 9.17) is 0 Å². The summed E-state index contributed by atoms with van der Waals surface area (Å²) in [6.07, 6.45) is 7.58. The zero-order valence-electron chi connectivity index (χ0n) is 13.2. The van der Waals surface area contributed by atoms with Crippen LogP contribution < -0.4 is 21.8 Å². The molecule has 0 bridgehead atoms. The molecular formula is C15H16N8O2. The van der Waals surface area contributed by atoms with Gasteiger partial charge < -0.3 is 15.4 Å². The largest absolute Gasteiger partial charge is 0.493 e. The van der Waals surface area contributed by atoms with Gasteiger partial charge in [-0.15, -0.1) is 0 Å². The first-order valence-electron chi connectivity index (χ1n) is 8.25. The Morgan fingerprint density at radius 3 is 2.80 bits per heavy atom. The normalized spacial score (nSPS) is 19.0. The minimum atomic E-state index is -0.477. The Kier molecular flexibility index (Phi) is 2.93. The molecule has 0 radical (unpaired) electrons. The highest BCUT2D eigenvalue weighted by Crippen LogP contribution is 2.23. The fraction of sp³-hybridized carbons (Fsp3) is 0.400. The van der Waals surface area contributed by atoms with E-state index in [1.807, 2.05) is 0 Å². The van der Waals surface area contributed by atoms with E-state index >= 15 is 0 Å². The molecule has 2 aliphatic carbocycles. The number of nitrogens with zero attached hydrogens (tertiary/aromatic N) is 5. The lowest BCUT2D eigenvalue weighted by atomic mass is 10.3. The van der Waals surface area contributed by atoms with E-state index in [0.717, 1.165) is 25.7 Å². The fourth-order valence-electron chi connectivity index (χ4n) is 2.55. The van der Waals surface area contributed by atoms with Crippen molar-refractivity contribution >= 4 is 17.7 Å². The Labute approximate surface area is 140 Å². The molecule has 4 N–H and O–H groups in total. The monoisotopic (exact) mass is 340 g/mol. The highest BCUT2D eigenvalue weighted by Gasteiger charge is 2.24. The van der Waals surface area contributed by atoms with Gasteiger partial charge in [0.05, 0.1) is 12.2 Å². The van der Waals surface area contributed by atoms with Gasteiger partial charge in [0.25, 0.3) is 5.62 Å². The predicted molar refractivity (Wildman–Crippen MR) is 87.9 cm³/mol. The maximum Gasteiger partial charge on any atom is 0.326 e.